The molecule has 2 atom stereocenters. The lowest BCUT2D eigenvalue weighted by molar-refractivity contribution is -0.145. The molecule has 0 spiro atoms. The van der Waals surface area contributed by atoms with E-state index in [-0.39, 0.29) is 25.7 Å². The Hall–Kier alpha value is -4.44. The molecule has 1 fully saturated rings. The zero-order chi connectivity index (χ0) is 29.8. The number of thioether (sulfide) groups is 1. The molecule has 3 aromatic rings. The van der Waals surface area contributed by atoms with Gasteiger partial charge in [-0.3, -0.25) is 9.69 Å². The van der Waals surface area contributed by atoms with Crippen LogP contribution in [0.1, 0.15) is 37.9 Å². The van der Waals surface area contributed by atoms with Gasteiger partial charge >= 0.3 is 11.9 Å². The van der Waals surface area contributed by atoms with Gasteiger partial charge in [0.2, 0.25) is 0 Å². The number of methoxy groups -OCH3 is 1. The van der Waals surface area contributed by atoms with Gasteiger partial charge in [0.15, 0.2) is 23.6 Å². The van der Waals surface area contributed by atoms with Crippen LogP contribution in [-0.2, 0) is 23.9 Å². The molecule has 0 aliphatic carbocycles. The van der Waals surface area contributed by atoms with E-state index in [2.05, 4.69) is 5.32 Å². The lowest BCUT2D eigenvalue weighted by Crippen LogP contribution is -2.50. The molecular formula is C32H32N2O7S. The first-order valence-corrected chi connectivity index (χ1v) is 14.5. The van der Waals surface area contributed by atoms with Gasteiger partial charge in [-0.1, -0.05) is 60.3 Å². The second-order valence-electron chi connectivity index (χ2n) is 9.57. The highest BCUT2D eigenvalue weighted by Gasteiger charge is 2.48. The minimum atomic E-state index is -0.762. The molecule has 1 N–H and O–H groups in total. The van der Waals surface area contributed by atoms with E-state index < -0.39 is 23.5 Å². The minimum Gasteiger partial charge on any atom is -0.493 e. The van der Waals surface area contributed by atoms with E-state index in [9.17, 15) is 14.4 Å². The molecule has 0 radical (unpaired) electrons. The largest absolute Gasteiger partial charge is 0.493 e. The number of allylic oxidation sites excluding steroid dienone is 1. The fourth-order valence-corrected chi connectivity index (χ4v) is 6.36. The molecule has 2 heterocycles. The Balaban J connectivity index is 1.54. The van der Waals surface area contributed by atoms with Gasteiger partial charge in [0.1, 0.15) is 0 Å². The summed E-state index contributed by atoms with van der Waals surface area (Å²) < 4.78 is 21.6. The molecule has 5 rings (SSSR count). The molecule has 0 aromatic heterocycles. The number of carbonyl (C=O) groups excluding carboxylic acids is 3. The van der Waals surface area contributed by atoms with Crippen LogP contribution in [0.3, 0.4) is 0 Å². The van der Waals surface area contributed by atoms with Gasteiger partial charge < -0.3 is 24.3 Å². The molecule has 2 aliphatic rings. The fraction of sp³-hybridized carbons (Fsp3) is 0.281. The number of amides is 1. The van der Waals surface area contributed by atoms with E-state index in [1.54, 1.807) is 36.9 Å². The highest BCUT2D eigenvalue weighted by atomic mass is 32.2. The fourth-order valence-electron chi connectivity index (χ4n) is 5.15. The van der Waals surface area contributed by atoms with Crippen molar-refractivity contribution in [2.45, 2.75) is 32.3 Å². The summed E-state index contributed by atoms with van der Waals surface area (Å²) in [6.45, 7) is 5.41. The van der Waals surface area contributed by atoms with Gasteiger partial charge in [0, 0.05) is 5.70 Å². The number of rotatable bonds is 9. The monoisotopic (exact) mass is 588 g/mol. The van der Waals surface area contributed by atoms with E-state index in [4.69, 9.17) is 18.9 Å². The number of benzene rings is 3. The predicted octanol–water partition coefficient (Wildman–Crippen LogP) is 5.17. The summed E-state index contributed by atoms with van der Waals surface area (Å²) >= 11 is 1.40. The first-order chi connectivity index (χ1) is 20.4. The summed E-state index contributed by atoms with van der Waals surface area (Å²) in [6, 6.07) is 18.4. The standard InChI is InChI=1S/C32H32N2O7S/c1-5-39-27(35)18-41-24-15-14-22(16-25(24)38-4)29-28(31(37)40-6-2)19(3)33-32-34(29)30(36)26(42-32)17-21-12-9-11-20-10-7-8-13-23(20)21/h7-17,29,32-33H,5-6,18H2,1-4H3/b26-17+/t29-,32-/m1/s1. The number of nitrogens with zero attached hydrogens (tertiary/aromatic N) is 1. The maximum absolute atomic E-state index is 14.1. The van der Waals surface area contributed by atoms with Crippen LogP contribution in [0.4, 0.5) is 0 Å². The summed E-state index contributed by atoms with van der Waals surface area (Å²) in [5.41, 5.74) is 2.06. The van der Waals surface area contributed by atoms with Gasteiger partial charge in [-0.15, -0.1) is 0 Å². The summed E-state index contributed by atoms with van der Waals surface area (Å²) in [5, 5.41) is 5.45. The molecule has 42 heavy (non-hydrogen) atoms. The Kier molecular flexibility index (Phi) is 8.72. The highest BCUT2D eigenvalue weighted by Crippen LogP contribution is 2.47. The molecule has 1 amide bonds. The van der Waals surface area contributed by atoms with Crippen LogP contribution in [0.5, 0.6) is 11.5 Å². The zero-order valence-corrected chi connectivity index (χ0v) is 24.7. The van der Waals surface area contributed by atoms with Crippen LogP contribution < -0.4 is 14.8 Å². The number of hydrogen-bond donors (Lipinski definition) is 1. The van der Waals surface area contributed by atoms with Crippen molar-refractivity contribution in [3.63, 3.8) is 0 Å². The molecule has 2 aliphatic heterocycles. The second-order valence-corrected chi connectivity index (χ2v) is 10.7. The number of hydrogen-bond acceptors (Lipinski definition) is 9. The molecule has 9 nitrogen and oxygen atoms in total. The summed E-state index contributed by atoms with van der Waals surface area (Å²) in [4.78, 5) is 41.4. The third-order valence-corrected chi connectivity index (χ3v) is 8.11. The van der Waals surface area contributed by atoms with Crippen LogP contribution >= 0.6 is 11.8 Å². The number of carbonyl (C=O) groups is 3. The Morgan fingerprint density at radius 3 is 2.52 bits per heavy atom. The van der Waals surface area contributed by atoms with Crippen molar-refractivity contribution in [3.05, 3.63) is 88.0 Å². The summed E-state index contributed by atoms with van der Waals surface area (Å²) in [6.07, 6.45) is 1.90. The Morgan fingerprint density at radius 2 is 1.76 bits per heavy atom. The molecule has 0 bridgehead atoms. The average molecular weight is 589 g/mol. The van der Waals surface area contributed by atoms with Crippen LogP contribution in [0.2, 0.25) is 0 Å². The predicted molar refractivity (Wildman–Crippen MR) is 160 cm³/mol. The Bertz CT molecular complexity index is 1590. The average Bonchev–Trinajstić information content (AvgIpc) is 3.29. The van der Waals surface area contributed by atoms with E-state index in [0.29, 0.717) is 33.2 Å². The molecule has 218 valence electrons. The van der Waals surface area contributed by atoms with Crippen molar-refractivity contribution >= 4 is 46.5 Å². The smallest absolute Gasteiger partial charge is 0.344 e. The number of nitrogens with one attached hydrogen (secondary N) is 1. The van der Waals surface area contributed by atoms with Crippen molar-refractivity contribution in [1.29, 1.82) is 0 Å². The third kappa shape index (κ3) is 5.67. The van der Waals surface area contributed by atoms with Crippen LogP contribution in [0.15, 0.2) is 76.8 Å². The van der Waals surface area contributed by atoms with Gasteiger partial charge in [0.25, 0.3) is 5.91 Å². The van der Waals surface area contributed by atoms with Gasteiger partial charge in [-0.2, -0.15) is 0 Å². The van der Waals surface area contributed by atoms with E-state index in [0.717, 1.165) is 16.3 Å². The topological polar surface area (TPSA) is 103 Å². The number of esters is 2. The number of ether oxygens (including phenoxy) is 4. The highest BCUT2D eigenvalue weighted by molar-refractivity contribution is 8.05. The molecule has 0 saturated carbocycles. The molecular weight excluding hydrogens is 556 g/mol. The van der Waals surface area contributed by atoms with Crippen LogP contribution in [-0.4, -0.2) is 55.2 Å². The number of fused-ring (bicyclic) bond motifs is 2. The van der Waals surface area contributed by atoms with Crippen molar-refractivity contribution < 1.29 is 33.3 Å². The van der Waals surface area contributed by atoms with Crippen LogP contribution in [0.25, 0.3) is 16.8 Å². The van der Waals surface area contributed by atoms with Crippen molar-refractivity contribution in [2.24, 2.45) is 0 Å². The van der Waals surface area contributed by atoms with Gasteiger partial charge in [0.05, 0.1) is 36.8 Å². The van der Waals surface area contributed by atoms with Gasteiger partial charge in [-0.05, 0) is 60.9 Å². The molecule has 1 saturated heterocycles. The lowest BCUT2D eigenvalue weighted by atomic mass is 9.93. The summed E-state index contributed by atoms with van der Waals surface area (Å²) in [7, 11) is 1.48. The Morgan fingerprint density at radius 1 is 1.00 bits per heavy atom. The summed E-state index contributed by atoms with van der Waals surface area (Å²) in [5.74, 6) is -0.559. The van der Waals surface area contributed by atoms with E-state index >= 15 is 0 Å². The second kappa shape index (κ2) is 12.6. The molecule has 10 heteroatoms. The lowest BCUT2D eigenvalue weighted by Gasteiger charge is -2.39. The zero-order valence-electron chi connectivity index (χ0n) is 23.8. The SMILES string of the molecule is CCOC(=O)COc1ccc([C@@H]2C(C(=O)OCC)=C(C)N[C@H]3S/C(=C/c4cccc5ccccc45)C(=O)N32)cc1OC. The Labute approximate surface area is 248 Å². The van der Waals surface area contributed by atoms with Crippen LogP contribution in [0, 0.1) is 0 Å². The maximum atomic E-state index is 14.1. The van der Waals surface area contributed by atoms with Crippen molar-refractivity contribution in [2.75, 3.05) is 26.9 Å². The van der Waals surface area contributed by atoms with Crippen molar-refractivity contribution in [3.8, 4) is 11.5 Å². The first-order valence-electron chi connectivity index (χ1n) is 13.7. The third-order valence-electron chi connectivity index (χ3n) is 6.99. The molecule has 3 aromatic carbocycles. The van der Waals surface area contributed by atoms with E-state index in [1.165, 1.54) is 18.9 Å². The maximum Gasteiger partial charge on any atom is 0.344 e. The van der Waals surface area contributed by atoms with Crippen molar-refractivity contribution in [1.82, 2.24) is 10.2 Å². The quantitative estimate of drug-likeness (QED) is 0.268. The van der Waals surface area contributed by atoms with E-state index in [1.807, 2.05) is 55.5 Å². The normalized spacial score (nSPS) is 19.0. The van der Waals surface area contributed by atoms with Gasteiger partial charge in [-0.25, -0.2) is 9.59 Å². The molecule has 0 unspecified atom stereocenters. The minimum absolute atomic E-state index is 0.185. The first kappa shape index (κ1) is 29.1.